The van der Waals surface area contributed by atoms with Gasteiger partial charge >= 0.3 is 0 Å². The number of hydrogen-bond acceptors (Lipinski definition) is 5. The number of nitro groups is 1. The van der Waals surface area contributed by atoms with Crippen molar-refractivity contribution in [2.24, 2.45) is 11.3 Å². The van der Waals surface area contributed by atoms with Gasteiger partial charge in [-0.1, -0.05) is 6.07 Å². The number of para-hydroxylation sites is 1. The predicted molar refractivity (Wildman–Crippen MR) is 76.0 cm³/mol. The number of rotatable bonds is 3. The Morgan fingerprint density at radius 3 is 2.81 bits per heavy atom. The summed E-state index contributed by atoms with van der Waals surface area (Å²) in [5.74, 6) is -0.627. The maximum atomic E-state index is 12.3. The van der Waals surface area contributed by atoms with Crippen molar-refractivity contribution in [2.75, 3.05) is 18.4 Å². The lowest BCUT2D eigenvalue weighted by Gasteiger charge is -2.23. The number of hydrogen-bond donors (Lipinski definition) is 3. The molecule has 1 aromatic rings. The first-order valence-electron chi connectivity index (χ1n) is 7.01. The minimum absolute atomic E-state index is 0.0501. The summed E-state index contributed by atoms with van der Waals surface area (Å²) in [4.78, 5) is 22.7. The third-order valence-electron chi connectivity index (χ3n) is 4.57. The van der Waals surface area contributed by atoms with Crippen LogP contribution in [0.4, 0.5) is 11.4 Å². The zero-order chi connectivity index (χ0) is 15.0. The smallest absolute Gasteiger partial charge is 0.296 e. The molecule has 1 saturated heterocycles. The summed E-state index contributed by atoms with van der Waals surface area (Å²) >= 11 is 0. The monoisotopic (exact) mass is 291 g/mol. The van der Waals surface area contributed by atoms with Crippen LogP contribution in [0.15, 0.2) is 18.2 Å². The van der Waals surface area contributed by atoms with Gasteiger partial charge in [-0.2, -0.15) is 0 Å². The van der Waals surface area contributed by atoms with Crippen molar-refractivity contribution < 1.29 is 14.8 Å². The number of nitro benzene ring substituents is 1. The molecule has 0 radical (unpaired) electrons. The molecule has 2 fully saturated rings. The SMILES string of the molecule is O=C(Nc1c(O)cccc1[N+](=O)[O-])C1CC12CCNCC2. The fraction of sp³-hybridized carbons (Fsp3) is 0.500. The number of piperidine rings is 1. The molecule has 1 amide bonds. The van der Waals surface area contributed by atoms with Crippen LogP contribution < -0.4 is 10.6 Å². The molecule has 7 heteroatoms. The van der Waals surface area contributed by atoms with E-state index in [1.165, 1.54) is 18.2 Å². The highest BCUT2D eigenvalue weighted by molar-refractivity contribution is 5.98. The Balaban J connectivity index is 1.76. The molecule has 2 aliphatic rings. The second-order valence-electron chi connectivity index (χ2n) is 5.79. The van der Waals surface area contributed by atoms with Gasteiger partial charge in [0.2, 0.25) is 5.91 Å². The molecule has 7 nitrogen and oxygen atoms in total. The number of amides is 1. The van der Waals surface area contributed by atoms with E-state index < -0.39 is 4.92 Å². The van der Waals surface area contributed by atoms with Crippen molar-refractivity contribution in [1.82, 2.24) is 5.32 Å². The first-order valence-corrected chi connectivity index (χ1v) is 7.01. The van der Waals surface area contributed by atoms with E-state index in [-0.39, 0.29) is 34.4 Å². The summed E-state index contributed by atoms with van der Waals surface area (Å²) in [5, 5.41) is 26.5. The molecule has 3 rings (SSSR count). The Morgan fingerprint density at radius 2 is 2.14 bits per heavy atom. The van der Waals surface area contributed by atoms with Gasteiger partial charge in [-0.15, -0.1) is 0 Å². The maximum absolute atomic E-state index is 12.3. The minimum Gasteiger partial charge on any atom is -0.505 e. The van der Waals surface area contributed by atoms with Crippen molar-refractivity contribution in [3.05, 3.63) is 28.3 Å². The molecule has 1 aromatic carbocycles. The van der Waals surface area contributed by atoms with Crippen LogP contribution in [0.5, 0.6) is 5.75 Å². The van der Waals surface area contributed by atoms with E-state index in [0.717, 1.165) is 32.4 Å². The summed E-state index contributed by atoms with van der Waals surface area (Å²) in [5.41, 5.74) is -0.346. The van der Waals surface area contributed by atoms with E-state index in [4.69, 9.17) is 0 Å². The number of carbonyl (C=O) groups excluding carboxylic acids is 1. The van der Waals surface area contributed by atoms with Crippen LogP contribution in [0.25, 0.3) is 0 Å². The molecule has 21 heavy (non-hydrogen) atoms. The summed E-state index contributed by atoms with van der Waals surface area (Å²) in [7, 11) is 0. The van der Waals surface area contributed by atoms with Gasteiger partial charge in [0.25, 0.3) is 5.69 Å². The molecule has 1 heterocycles. The Bertz CT molecular complexity index is 596. The fourth-order valence-corrected chi connectivity index (χ4v) is 3.21. The standard InChI is InChI=1S/C14H17N3O4/c18-11-3-1-2-10(17(20)21)12(11)16-13(19)9-8-14(9)4-6-15-7-5-14/h1-3,9,15,18H,4-8H2,(H,16,19). The van der Waals surface area contributed by atoms with Crippen molar-refractivity contribution in [3.63, 3.8) is 0 Å². The quantitative estimate of drug-likeness (QED) is 0.446. The van der Waals surface area contributed by atoms with Crippen LogP contribution >= 0.6 is 0 Å². The molecule has 112 valence electrons. The Kier molecular flexibility index (Phi) is 3.29. The zero-order valence-corrected chi connectivity index (χ0v) is 11.5. The van der Waals surface area contributed by atoms with Crippen molar-refractivity contribution in [3.8, 4) is 5.75 Å². The highest BCUT2D eigenvalue weighted by Crippen LogP contribution is 2.59. The Labute approximate surface area is 121 Å². The molecular weight excluding hydrogens is 274 g/mol. The van der Waals surface area contributed by atoms with E-state index in [9.17, 15) is 20.0 Å². The maximum Gasteiger partial charge on any atom is 0.296 e. The summed E-state index contributed by atoms with van der Waals surface area (Å²) in [6, 6.07) is 3.98. The average Bonchev–Trinajstić information content (AvgIpc) is 3.15. The summed E-state index contributed by atoms with van der Waals surface area (Å²) < 4.78 is 0. The molecule has 1 aliphatic carbocycles. The molecule has 1 unspecified atom stereocenters. The van der Waals surface area contributed by atoms with Gasteiger partial charge in [-0.05, 0) is 43.8 Å². The number of phenols is 1. The predicted octanol–water partition coefficient (Wildman–Crippen LogP) is 1.63. The third kappa shape index (κ3) is 2.44. The van der Waals surface area contributed by atoms with Crippen LogP contribution in [0.1, 0.15) is 19.3 Å². The van der Waals surface area contributed by atoms with Crippen molar-refractivity contribution in [2.45, 2.75) is 19.3 Å². The van der Waals surface area contributed by atoms with Crippen LogP contribution in [0, 0.1) is 21.4 Å². The second-order valence-corrected chi connectivity index (χ2v) is 5.79. The number of carbonyl (C=O) groups is 1. The zero-order valence-electron chi connectivity index (χ0n) is 11.5. The lowest BCUT2D eigenvalue weighted by molar-refractivity contribution is -0.384. The second kappa shape index (κ2) is 5.00. The van der Waals surface area contributed by atoms with Gasteiger partial charge in [-0.25, -0.2) is 0 Å². The number of benzene rings is 1. The first-order chi connectivity index (χ1) is 10.0. The molecule has 1 spiro atoms. The molecule has 1 aliphatic heterocycles. The van der Waals surface area contributed by atoms with Gasteiger partial charge in [0.15, 0.2) is 5.69 Å². The third-order valence-corrected chi connectivity index (χ3v) is 4.57. The number of nitrogens with zero attached hydrogens (tertiary/aromatic N) is 1. The molecule has 0 aromatic heterocycles. The first kappa shape index (κ1) is 13.8. The molecule has 1 saturated carbocycles. The lowest BCUT2D eigenvalue weighted by Crippen LogP contribution is -2.31. The van der Waals surface area contributed by atoms with Crippen LogP contribution in [0.3, 0.4) is 0 Å². The topological polar surface area (TPSA) is 104 Å². The lowest BCUT2D eigenvalue weighted by atomic mass is 9.92. The average molecular weight is 291 g/mol. The van der Waals surface area contributed by atoms with Gasteiger partial charge in [0.1, 0.15) is 5.75 Å². The van der Waals surface area contributed by atoms with Gasteiger partial charge in [0.05, 0.1) is 4.92 Å². The van der Waals surface area contributed by atoms with Crippen molar-refractivity contribution >= 4 is 17.3 Å². The van der Waals surface area contributed by atoms with Gasteiger partial charge in [-0.3, -0.25) is 14.9 Å². The molecule has 1 atom stereocenters. The Morgan fingerprint density at radius 1 is 1.43 bits per heavy atom. The molecule has 3 N–H and O–H groups in total. The van der Waals surface area contributed by atoms with Gasteiger partial charge in [0, 0.05) is 12.0 Å². The summed E-state index contributed by atoms with van der Waals surface area (Å²) in [6.45, 7) is 1.81. The van der Waals surface area contributed by atoms with Gasteiger partial charge < -0.3 is 15.7 Å². The largest absolute Gasteiger partial charge is 0.505 e. The van der Waals surface area contributed by atoms with Crippen LogP contribution in [-0.4, -0.2) is 29.0 Å². The Hall–Kier alpha value is -2.15. The number of anilines is 1. The fourth-order valence-electron chi connectivity index (χ4n) is 3.21. The van der Waals surface area contributed by atoms with E-state index in [0.29, 0.717) is 0 Å². The number of aromatic hydroxyl groups is 1. The molecular formula is C14H17N3O4. The van der Waals surface area contributed by atoms with Crippen LogP contribution in [-0.2, 0) is 4.79 Å². The minimum atomic E-state index is -0.609. The van der Waals surface area contributed by atoms with E-state index in [1.807, 2.05) is 0 Å². The van der Waals surface area contributed by atoms with Crippen molar-refractivity contribution in [1.29, 1.82) is 0 Å². The highest BCUT2D eigenvalue weighted by atomic mass is 16.6. The van der Waals surface area contributed by atoms with E-state index >= 15 is 0 Å². The van der Waals surface area contributed by atoms with Crippen LogP contribution in [0.2, 0.25) is 0 Å². The van der Waals surface area contributed by atoms with E-state index in [1.54, 1.807) is 0 Å². The molecule has 0 bridgehead atoms. The number of phenolic OH excluding ortho intramolecular Hbond substituents is 1. The summed E-state index contributed by atoms with van der Waals surface area (Å²) in [6.07, 6.45) is 2.73. The normalized spacial score (nSPS) is 22.8. The van der Waals surface area contributed by atoms with E-state index in [2.05, 4.69) is 10.6 Å². The number of nitrogens with one attached hydrogen (secondary N) is 2. The highest BCUT2D eigenvalue weighted by Gasteiger charge is 2.57.